The molecule has 1 aliphatic heterocycles. The number of morpholine rings is 1. The van der Waals surface area contributed by atoms with E-state index in [1.807, 2.05) is 0 Å². The zero-order chi connectivity index (χ0) is 14.7. The molecule has 4 heteroatoms. The van der Waals surface area contributed by atoms with E-state index in [0.29, 0.717) is 0 Å². The number of halogens is 2. The summed E-state index contributed by atoms with van der Waals surface area (Å²) < 4.78 is 7.21. The van der Waals surface area contributed by atoms with Gasteiger partial charge in [0.25, 0.3) is 0 Å². The van der Waals surface area contributed by atoms with Crippen LogP contribution in [0.4, 0.5) is 0 Å². The lowest BCUT2D eigenvalue weighted by Gasteiger charge is -2.41. The van der Waals surface area contributed by atoms with Crippen LogP contribution in [0.1, 0.15) is 18.1 Å². The average molecular weight is 383 g/mol. The molecule has 0 radical (unpaired) electrons. The third kappa shape index (κ3) is 4.11. The molecular formula is C18H21BrClNO. The summed E-state index contributed by atoms with van der Waals surface area (Å²) in [5.74, 6) is 0. The van der Waals surface area contributed by atoms with Crippen molar-refractivity contribution in [2.45, 2.75) is 19.1 Å². The van der Waals surface area contributed by atoms with Crippen LogP contribution >= 0.6 is 28.3 Å². The predicted molar refractivity (Wildman–Crippen MR) is 96.4 cm³/mol. The molecule has 3 rings (SSSR count). The van der Waals surface area contributed by atoms with Crippen molar-refractivity contribution in [1.82, 2.24) is 4.90 Å². The molecule has 1 heterocycles. The van der Waals surface area contributed by atoms with Gasteiger partial charge in [0, 0.05) is 24.1 Å². The number of benzene rings is 2. The molecule has 1 fully saturated rings. The van der Waals surface area contributed by atoms with Crippen molar-refractivity contribution in [3.63, 3.8) is 0 Å². The lowest BCUT2D eigenvalue weighted by molar-refractivity contribution is -0.105. The van der Waals surface area contributed by atoms with Crippen LogP contribution in [0, 0.1) is 0 Å². The molecule has 118 valence electrons. The largest absolute Gasteiger partial charge is 0.368 e. The summed E-state index contributed by atoms with van der Waals surface area (Å²) in [7, 11) is 0. The topological polar surface area (TPSA) is 12.5 Å². The molecule has 1 aliphatic rings. The van der Waals surface area contributed by atoms with Gasteiger partial charge in [-0.1, -0.05) is 58.4 Å². The van der Waals surface area contributed by atoms with Crippen molar-refractivity contribution in [2.24, 2.45) is 0 Å². The fraction of sp³-hybridized carbons (Fsp3) is 0.333. The Hall–Kier alpha value is -0.870. The van der Waals surface area contributed by atoms with Crippen molar-refractivity contribution >= 4 is 28.3 Å². The Labute approximate surface area is 147 Å². The molecule has 2 aromatic carbocycles. The van der Waals surface area contributed by atoms with Gasteiger partial charge in [-0.25, -0.2) is 0 Å². The summed E-state index contributed by atoms with van der Waals surface area (Å²) in [6.45, 7) is 5.85. The molecule has 0 saturated carbocycles. The van der Waals surface area contributed by atoms with Crippen LogP contribution in [0.5, 0.6) is 0 Å². The molecule has 0 N–H and O–H groups in total. The van der Waals surface area contributed by atoms with Gasteiger partial charge in [0.15, 0.2) is 0 Å². The molecule has 22 heavy (non-hydrogen) atoms. The Morgan fingerprint density at radius 2 is 1.77 bits per heavy atom. The van der Waals surface area contributed by atoms with Gasteiger partial charge in [-0.05, 0) is 30.2 Å². The summed E-state index contributed by atoms with van der Waals surface area (Å²) in [6, 6.07) is 19.1. The Balaban J connectivity index is 0.00000176. The molecule has 2 nitrogen and oxygen atoms in total. The van der Waals surface area contributed by atoms with E-state index in [9.17, 15) is 0 Å². The normalized spacial score (nSPS) is 22.1. The molecule has 0 aromatic heterocycles. The second-order valence-electron chi connectivity index (χ2n) is 5.78. The Morgan fingerprint density at radius 3 is 2.45 bits per heavy atom. The molecule has 2 aromatic rings. The number of hydrogen-bond donors (Lipinski definition) is 0. The molecule has 0 amide bonds. The van der Waals surface area contributed by atoms with E-state index in [0.717, 1.165) is 30.7 Å². The Bertz CT molecular complexity index is 590. The highest BCUT2D eigenvalue weighted by atomic mass is 79.9. The van der Waals surface area contributed by atoms with E-state index in [1.54, 1.807) is 0 Å². The quantitative estimate of drug-likeness (QED) is 0.768. The third-order valence-corrected chi connectivity index (χ3v) is 4.59. The smallest absolute Gasteiger partial charge is 0.103 e. The van der Waals surface area contributed by atoms with Crippen molar-refractivity contribution in [3.05, 3.63) is 70.2 Å². The molecule has 0 spiro atoms. The van der Waals surface area contributed by atoms with Gasteiger partial charge in [0.2, 0.25) is 0 Å². The minimum atomic E-state index is -0.228. The van der Waals surface area contributed by atoms with Crippen LogP contribution in [-0.2, 0) is 16.9 Å². The first-order valence-corrected chi connectivity index (χ1v) is 8.11. The monoisotopic (exact) mass is 381 g/mol. The predicted octanol–water partition coefficient (Wildman–Crippen LogP) is 4.62. The highest BCUT2D eigenvalue weighted by Crippen LogP contribution is 2.30. The Morgan fingerprint density at radius 1 is 1.09 bits per heavy atom. The second kappa shape index (κ2) is 7.60. The summed E-state index contributed by atoms with van der Waals surface area (Å²) in [5.41, 5.74) is 2.37. The van der Waals surface area contributed by atoms with E-state index in [-0.39, 0.29) is 18.0 Å². The number of nitrogens with zero attached hydrogens (tertiary/aromatic N) is 1. The first-order valence-electron chi connectivity index (χ1n) is 7.32. The maximum absolute atomic E-state index is 6.10. The van der Waals surface area contributed by atoms with Gasteiger partial charge >= 0.3 is 0 Å². The summed E-state index contributed by atoms with van der Waals surface area (Å²) in [5, 5.41) is 0. The number of hydrogen-bond acceptors (Lipinski definition) is 2. The van der Waals surface area contributed by atoms with Crippen molar-refractivity contribution in [2.75, 3.05) is 19.7 Å². The van der Waals surface area contributed by atoms with Crippen molar-refractivity contribution < 1.29 is 4.74 Å². The third-order valence-electron chi connectivity index (χ3n) is 4.06. The molecular weight excluding hydrogens is 362 g/mol. The van der Waals surface area contributed by atoms with E-state index in [2.05, 4.69) is 82.4 Å². The highest BCUT2D eigenvalue weighted by Gasteiger charge is 2.33. The van der Waals surface area contributed by atoms with Crippen LogP contribution in [0.15, 0.2) is 59.1 Å². The fourth-order valence-corrected chi connectivity index (χ4v) is 3.17. The van der Waals surface area contributed by atoms with Crippen LogP contribution in [0.25, 0.3) is 0 Å². The lowest BCUT2D eigenvalue weighted by atomic mass is 9.93. The van der Waals surface area contributed by atoms with Gasteiger partial charge in [0.1, 0.15) is 5.60 Å². The molecule has 1 saturated heterocycles. The van der Waals surface area contributed by atoms with Crippen molar-refractivity contribution in [3.8, 4) is 0 Å². The first kappa shape index (κ1) is 17.5. The van der Waals surface area contributed by atoms with Crippen LogP contribution < -0.4 is 0 Å². The van der Waals surface area contributed by atoms with E-state index in [4.69, 9.17) is 4.74 Å². The van der Waals surface area contributed by atoms with Gasteiger partial charge in [-0.3, -0.25) is 4.90 Å². The van der Waals surface area contributed by atoms with Crippen LogP contribution in [0.3, 0.4) is 0 Å². The van der Waals surface area contributed by atoms with Crippen molar-refractivity contribution in [1.29, 1.82) is 0 Å². The zero-order valence-corrected chi connectivity index (χ0v) is 15.1. The second-order valence-corrected chi connectivity index (χ2v) is 6.70. The average Bonchev–Trinajstić information content (AvgIpc) is 2.49. The van der Waals surface area contributed by atoms with E-state index in [1.165, 1.54) is 11.1 Å². The standard InChI is InChI=1S/C18H20BrNO.ClH/c1-18(16-7-9-17(19)10-8-16)14-20(11-12-21-18)13-15-5-3-2-4-6-15;/h2-10H,11-14H2,1H3;1H. The molecule has 0 aliphatic carbocycles. The fourth-order valence-electron chi connectivity index (χ4n) is 2.91. The van der Waals surface area contributed by atoms with E-state index >= 15 is 0 Å². The Kier molecular flexibility index (Phi) is 6.04. The van der Waals surface area contributed by atoms with Crippen LogP contribution in [-0.4, -0.2) is 24.6 Å². The van der Waals surface area contributed by atoms with Gasteiger partial charge < -0.3 is 4.74 Å². The molecule has 1 unspecified atom stereocenters. The minimum absolute atomic E-state index is 0. The number of rotatable bonds is 3. The lowest BCUT2D eigenvalue weighted by Crippen LogP contribution is -2.47. The van der Waals surface area contributed by atoms with Crippen LogP contribution in [0.2, 0.25) is 0 Å². The van der Waals surface area contributed by atoms with Gasteiger partial charge in [-0.2, -0.15) is 0 Å². The summed E-state index contributed by atoms with van der Waals surface area (Å²) in [6.07, 6.45) is 0. The minimum Gasteiger partial charge on any atom is -0.368 e. The number of ether oxygens (including phenoxy) is 1. The highest BCUT2D eigenvalue weighted by molar-refractivity contribution is 9.10. The van der Waals surface area contributed by atoms with E-state index < -0.39 is 0 Å². The molecule has 0 bridgehead atoms. The van der Waals surface area contributed by atoms with Gasteiger partial charge in [0.05, 0.1) is 6.61 Å². The maximum Gasteiger partial charge on any atom is 0.103 e. The van der Waals surface area contributed by atoms with Gasteiger partial charge in [-0.15, -0.1) is 12.4 Å². The SMILES string of the molecule is CC1(c2ccc(Br)cc2)CN(Cc2ccccc2)CCO1.Cl. The summed E-state index contributed by atoms with van der Waals surface area (Å²) in [4.78, 5) is 2.47. The summed E-state index contributed by atoms with van der Waals surface area (Å²) >= 11 is 3.49. The maximum atomic E-state index is 6.10. The zero-order valence-electron chi connectivity index (χ0n) is 12.7. The molecule has 1 atom stereocenters. The first-order chi connectivity index (χ1) is 10.2.